The molecule has 0 saturated heterocycles. The number of rotatable bonds is 7. The lowest BCUT2D eigenvalue weighted by atomic mass is 9.95. The first-order valence-electron chi connectivity index (χ1n) is 11.0. The van der Waals surface area contributed by atoms with Crippen molar-refractivity contribution in [1.82, 2.24) is 5.32 Å². The van der Waals surface area contributed by atoms with Crippen molar-refractivity contribution in [1.29, 1.82) is 0 Å². The van der Waals surface area contributed by atoms with Gasteiger partial charge >= 0.3 is 5.97 Å². The van der Waals surface area contributed by atoms with Crippen molar-refractivity contribution in [3.05, 3.63) is 91.3 Å². The molecule has 0 spiro atoms. The molecule has 2 aromatic carbocycles. The average Bonchev–Trinajstić information content (AvgIpc) is 3.24. The molecule has 0 atom stereocenters. The standard InChI is InChI=1S/C25H23N3O6S/c1-34-25(31)17-11-16(12-18(13-17)28(32)33)22(29)27-24-21(19-9-5-6-10-20(19)35-24)23(30)26-14-15-7-3-2-4-8-15/h2-4,7-8,11-13H,5-6,9-10,14H2,1H3,(H,26,30)(H,27,29). The highest BCUT2D eigenvalue weighted by Gasteiger charge is 2.27. The molecule has 180 valence electrons. The second-order valence-electron chi connectivity index (χ2n) is 8.05. The van der Waals surface area contributed by atoms with Gasteiger partial charge in [-0.1, -0.05) is 30.3 Å². The predicted octanol–water partition coefficient (Wildman–Crippen LogP) is 4.50. The van der Waals surface area contributed by atoms with E-state index >= 15 is 0 Å². The number of ether oxygens (including phenoxy) is 1. The monoisotopic (exact) mass is 493 g/mol. The third-order valence-corrected chi connectivity index (χ3v) is 6.94. The van der Waals surface area contributed by atoms with Crippen molar-refractivity contribution < 1.29 is 24.0 Å². The van der Waals surface area contributed by atoms with Crippen LogP contribution in [0.5, 0.6) is 0 Å². The summed E-state index contributed by atoms with van der Waals surface area (Å²) < 4.78 is 4.65. The number of nitro benzene ring substituents is 1. The van der Waals surface area contributed by atoms with Gasteiger partial charge in [-0.25, -0.2) is 4.79 Å². The zero-order valence-corrected chi connectivity index (χ0v) is 19.8. The van der Waals surface area contributed by atoms with Gasteiger partial charge in [0.15, 0.2) is 0 Å². The molecule has 1 aliphatic carbocycles. The van der Waals surface area contributed by atoms with Gasteiger partial charge in [-0.2, -0.15) is 0 Å². The van der Waals surface area contributed by atoms with Gasteiger partial charge in [0.1, 0.15) is 5.00 Å². The van der Waals surface area contributed by atoms with Gasteiger partial charge in [-0.15, -0.1) is 11.3 Å². The summed E-state index contributed by atoms with van der Waals surface area (Å²) in [4.78, 5) is 50.0. The number of nitrogens with one attached hydrogen (secondary N) is 2. The van der Waals surface area contributed by atoms with Crippen LogP contribution in [0, 0.1) is 10.1 Å². The summed E-state index contributed by atoms with van der Waals surface area (Å²) in [6.07, 6.45) is 3.50. The number of aryl methyl sites for hydroxylation is 1. The van der Waals surface area contributed by atoms with E-state index in [-0.39, 0.29) is 17.0 Å². The number of hydrogen-bond donors (Lipinski definition) is 2. The molecule has 0 saturated carbocycles. The Kier molecular flexibility index (Phi) is 7.21. The Morgan fingerprint density at radius 3 is 2.46 bits per heavy atom. The van der Waals surface area contributed by atoms with Crippen LogP contribution in [0.15, 0.2) is 48.5 Å². The normalized spacial score (nSPS) is 12.4. The number of carbonyl (C=O) groups is 3. The van der Waals surface area contributed by atoms with Gasteiger partial charge in [0, 0.05) is 29.1 Å². The number of carbonyl (C=O) groups excluding carboxylic acids is 3. The first-order chi connectivity index (χ1) is 16.9. The van der Waals surface area contributed by atoms with E-state index < -0.39 is 22.5 Å². The second-order valence-corrected chi connectivity index (χ2v) is 9.16. The first-order valence-corrected chi connectivity index (χ1v) is 11.8. The lowest BCUT2D eigenvalue weighted by Crippen LogP contribution is -2.25. The number of hydrogen-bond acceptors (Lipinski definition) is 7. The number of methoxy groups -OCH3 is 1. The summed E-state index contributed by atoms with van der Waals surface area (Å²) in [6.45, 7) is 0.338. The molecule has 10 heteroatoms. The van der Waals surface area contributed by atoms with Crippen LogP contribution in [-0.2, 0) is 24.1 Å². The van der Waals surface area contributed by atoms with E-state index in [2.05, 4.69) is 15.4 Å². The van der Waals surface area contributed by atoms with Crippen LogP contribution < -0.4 is 10.6 Å². The number of esters is 1. The number of thiophene rings is 1. The van der Waals surface area contributed by atoms with Crippen molar-refractivity contribution in [2.75, 3.05) is 12.4 Å². The summed E-state index contributed by atoms with van der Waals surface area (Å²) in [6, 6.07) is 12.9. The Morgan fingerprint density at radius 2 is 1.74 bits per heavy atom. The van der Waals surface area contributed by atoms with Gasteiger partial charge in [-0.05, 0) is 42.9 Å². The minimum absolute atomic E-state index is 0.0818. The number of non-ortho nitro benzene ring substituents is 1. The number of nitrogens with zero attached hydrogens (tertiary/aromatic N) is 1. The molecule has 9 nitrogen and oxygen atoms in total. The van der Waals surface area contributed by atoms with Crippen molar-refractivity contribution in [2.45, 2.75) is 32.2 Å². The van der Waals surface area contributed by atoms with Gasteiger partial charge in [0.05, 0.1) is 23.2 Å². The fourth-order valence-corrected chi connectivity index (χ4v) is 5.30. The number of benzene rings is 2. The highest BCUT2D eigenvalue weighted by atomic mass is 32.1. The Morgan fingerprint density at radius 1 is 1.03 bits per heavy atom. The Bertz CT molecular complexity index is 1300. The number of amides is 2. The van der Waals surface area contributed by atoms with E-state index in [4.69, 9.17) is 0 Å². The molecule has 2 amide bonds. The lowest BCUT2D eigenvalue weighted by molar-refractivity contribution is -0.384. The molecule has 0 unspecified atom stereocenters. The van der Waals surface area contributed by atoms with Gasteiger partial charge < -0.3 is 15.4 Å². The van der Waals surface area contributed by atoms with E-state index in [1.807, 2.05) is 30.3 Å². The molecule has 0 bridgehead atoms. The molecule has 1 heterocycles. The second kappa shape index (κ2) is 10.5. The number of anilines is 1. The van der Waals surface area contributed by atoms with Crippen LogP contribution in [-0.4, -0.2) is 29.8 Å². The van der Waals surface area contributed by atoms with Crippen LogP contribution in [0.4, 0.5) is 10.7 Å². The van der Waals surface area contributed by atoms with Gasteiger partial charge in [0.25, 0.3) is 17.5 Å². The van der Waals surface area contributed by atoms with Gasteiger partial charge in [-0.3, -0.25) is 19.7 Å². The third-order valence-electron chi connectivity index (χ3n) is 5.73. The largest absolute Gasteiger partial charge is 0.465 e. The van der Waals surface area contributed by atoms with Crippen LogP contribution in [0.25, 0.3) is 0 Å². The Labute approximate surface area is 205 Å². The van der Waals surface area contributed by atoms with E-state index in [1.54, 1.807) is 0 Å². The third kappa shape index (κ3) is 5.38. The van der Waals surface area contributed by atoms with Crippen molar-refractivity contribution in [3.63, 3.8) is 0 Å². The minimum atomic E-state index is -0.796. The van der Waals surface area contributed by atoms with Crippen molar-refractivity contribution in [2.24, 2.45) is 0 Å². The van der Waals surface area contributed by atoms with Gasteiger partial charge in [0.2, 0.25) is 0 Å². The van der Waals surface area contributed by atoms with Crippen LogP contribution in [0.1, 0.15) is 59.9 Å². The first kappa shape index (κ1) is 24.1. The molecule has 35 heavy (non-hydrogen) atoms. The molecule has 0 radical (unpaired) electrons. The summed E-state index contributed by atoms with van der Waals surface area (Å²) in [5.74, 6) is -1.75. The van der Waals surface area contributed by atoms with E-state index in [9.17, 15) is 24.5 Å². The minimum Gasteiger partial charge on any atom is -0.465 e. The predicted molar refractivity (Wildman–Crippen MR) is 131 cm³/mol. The maximum atomic E-state index is 13.2. The van der Waals surface area contributed by atoms with Crippen molar-refractivity contribution >= 4 is 39.8 Å². The van der Waals surface area contributed by atoms with E-state index in [1.165, 1.54) is 17.4 Å². The van der Waals surface area contributed by atoms with Crippen LogP contribution in [0.3, 0.4) is 0 Å². The molecule has 0 aliphatic heterocycles. The Hall–Kier alpha value is -4.05. The van der Waals surface area contributed by atoms with Crippen LogP contribution >= 0.6 is 11.3 Å². The maximum Gasteiger partial charge on any atom is 0.338 e. The fourth-order valence-electron chi connectivity index (χ4n) is 4.02. The smallest absolute Gasteiger partial charge is 0.338 e. The summed E-state index contributed by atoms with van der Waals surface area (Å²) in [7, 11) is 1.15. The average molecular weight is 494 g/mol. The number of nitro groups is 1. The molecule has 2 N–H and O–H groups in total. The highest BCUT2D eigenvalue weighted by Crippen LogP contribution is 2.38. The summed E-state index contributed by atoms with van der Waals surface area (Å²) in [5, 5.41) is 17.4. The molecule has 0 fully saturated rings. The zero-order chi connectivity index (χ0) is 24.9. The lowest BCUT2D eigenvalue weighted by Gasteiger charge is -2.13. The van der Waals surface area contributed by atoms with E-state index in [0.29, 0.717) is 17.1 Å². The SMILES string of the molecule is COC(=O)c1cc(C(=O)Nc2sc3c(c2C(=O)NCc2ccccc2)CCCC3)cc([N+](=O)[O-])c1. The number of fused-ring (bicyclic) bond motifs is 1. The molecular weight excluding hydrogens is 470 g/mol. The Balaban J connectivity index is 1.64. The molecular formula is C25H23N3O6S. The van der Waals surface area contributed by atoms with Crippen molar-refractivity contribution in [3.8, 4) is 0 Å². The molecule has 3 aromatic rings. The maximum absolute atomic E-state index is 13.2. The van der Waals surface area contributed by atoms with E-state index in [0.717, 1.165) is 60.9 Å². The molecule has 1 aliphatic rings. The zero-order valence-electron chi connectivity index (χ0n) is 19.0. The summed E-state index contributed by atoms with van der Waals surface area (Å²) in [5.41, 5.74) is 1.69. The fraction of sp³-hybridized carbons (Fsp3) is 0.240. The van der Waals surface area contributed by atoms with Crippen LogP contribution in [0.2, 0.25) is 0 Å². The quantitative estimate of drug-likeness (QED) is 0.283. The molecule has 4 rings (SSSR count). The topological polar surface area (TPSA) is 128 Å². The summed E-state index contributed by atoms with van der Waals surface area (Å²) >= 11 is 1.34. The highest BCUT2D eigenvalue weighted by molar-refractivity contribution is 7.17. The molecule has 1 aromatic heterocycles.